The van der Waals surface area contributed by atoms with Gasteiger partial charge in [0.15, 0.2) is 0 Å². The molecule has 1 fully saturated rings. The first kappa shape index (κ1) is 15.3. The third kappa shape index (κ3) is 3.96. The normalized spacial score (nSPS) is 21.6. The van der Waals surface area contributed by atoms with Gasteiger partial charge < -0.3 is 11.1 Å². The van der Waals surface area contributed by atoms with Crippen molar-refractivity contribution in [3.05, 3.63) is 35.4 Å². The predicted molar refractivity (Wildman–Crippen MR) is 89.4 cm³/mol. The quantitative estimate of drug-likeness (QED) is 0.821. The zero-order valence-corrected chi connectivity index (χ0v) is 13.2. The lowest BCUT2D eigenvalue weighted by atomic mass is 10.1. The molecule has 0 bridgehead atoms. The Balaban J connectivity index is 1.90. The molecule has 0 spiro atoms. The Morgan fingerprint density at radius 1 is 1.35 bits per heavy atom. The topological polar surface area (TPSA) is 55.1 Å². The molecule has 0 heterocycles. The first-order chi connectivity index (χ1) is 9.60. The van der Waals surface area contributed by atoms with E-state index < -0.39 is 0 Å². The monoisotopic (exact) mass is 308 g/mol. The van der Waals surface area contributed by atoms with Gasteiger partial charge in [-0.25, -0.2) is 0 Å². The van der Waals surface area contributed by atoms with Crippen molar-refractivity contribution in [2.75, 3.05) is 5.75 Å². The van der Waals surface area contributed by atoms with E-state index in [0.717, 1.165) is 24.2 Å². The Morgan fingerprint density at radius 3 is 2.60 bits per heavy atom. The molecule has 108 valence electrons. The molecule has 1 amide bonds. The van der Waals surface area contributed by atoms with Gasteiger partial charge in [-0.1, -0.05) is 31.3 Å². The van der Waals surface area contributed by atoms with Gasteiger partial charge in [-0.15, -0.1) is 0 Å². The molecule has 1 aliphatic carbocycles. The molecule has 2 unspecified atom stereocenters. The Bertz CT molecular complexity index is 487. The van der Waals surface area contributed by atoms with E-state index in [9.17, 15) is 4.79 Å². The largest absolute Gasteiger partial charge is 0.389 e. The van der Waals surface area contributed by atoms with Crippen LogP contribution in [0, 0.1) is 0 Å². The van der Waals surface area contributed by atoms with Gasteiger partial charge in [0.25, 0.3) is 5.91 Å². The molecule has 2 rings (SSSR count). The van der Waals surface area contributed by atoms with Crippen molar-refractivity contribution >= 4 is 34.9 Å². The van der Waals surface area contributed by atoms with Gasteiger partial charge in [-0.05, 0) is 37.1 Å². The van der Waals surface area contributed by atoms with E-state index in [4.69, 9.17) is 18.0 Å². The number of carbonyl (C=O) groups is 1. The van der Waals surface area contributed by atoms with Crippen LogP contribution in [-0.2, 0) is 0 Å². The average molecular weight is 308 g/mol. The van der Waals surface area contributed by atoms with Crippen LogP contribution >= 0.6 is 24.0 Å². The summed E-state index contributed by atoms with van der Waals surface area (Å²) < 4.78 is 0. The summed E-state index contributed by atoms with van der Waals surface area (Å²) in [7, 11) is 0. The first-order valence-corrected chi connectivity index (χ1v) is 8.38. The van der Waals surface area contributed by atoms with Crippen LogP contribution in [0.2, 0.25) is 0 Å². The standard InChI is InChI=1S/C15H20N2OS2/c1-2-20-13-8-7-12(9-13)17-15(18)11-5-3-10(4-6-11)14(16)19/h3-6,12-13H,2,7-9H2,1H3,(H2,16,19)(H,17,18). The van der Waals surface area contributed by atoms with Gasteiger partial charge in [0.1, 0.15) is 4.99 Å². The van der Waals surface area contributed by atoms with E-state index in [1.54, 1.807) is 24.3 Å². The summed E-state index contributed by atoms with van der Waals surface area (Å²) in [6.07, 6.45) is 3.35. The maximum Gasteiger partial charge on any atom is 0.251 e. The van der Waals surface area contributed by atoms with Crippen LogP contribution in [0.5, 0.6) is 0 Å². The van der Waals surface area contributed by atoms with E-state index in [2.05, 4.69) is 12.2 Å². The van der Waals surface area contributed by atoms with Crippen LogP contribution in [-0.4, -0.2) is 27.9 Å². The van der Waals surface area contributed by atoms with E-state index in [1.807, 2.05) is 11.8 Å². The number of nitrogens with two attached hydrogens (primary N) is 1. The Kier molecular flexibility index (Phi) is 5.43. The fraction of sp³-hybridized carbons (Fsp3) is 0.467. The van der Waals surface area contributed by atoms with Crippen LogP contribution < -0.4 is 11.1 Å². The molecule has 2 atom stereocenters. The fourth-order valence-corrected chi connectivity index (χ4v) is 3.79. The number of nitrogens with one attached hydrogen (secondary N) is 1. The third-order valence-corrected chi connectivity index (χ3v) is 5.02. The highest BCUT2D eigenvalue weighted by molar-refractivity contribution is 7.99. The minimum absolute atomic E-state index is 0.00774. The maximum atomic E-state index is 12.2. The van der Waals surface area contributed by atoms with E-state index in [1.165, 1.54) is 6.42 Å². The van der Waals surface area contributed by atoms with Crippen molar-refractivity contribution in [1.29, 1.82) is 0 Å². The number of rotatable bonds is 5. The molecule has 20 heavy (non-hydrogen) atoms. The highest BCUT2D eigenvalue weighted by atomic mass is 32.2. The molecule has 0 aliphatic heterocycles. The fourth-order valence-electron chi connectivity index (χ4n) is 2.51. The third-order valence-electron chi connectivity index (χ3n) is 3.55. The number of hydrogen-bond acceptors (Lipinski definition) is 3. The van der Waals surface area contributed by atoms with Crippen LogP contribution in [0.3, 0.4) is 0 Å². The number of thiocarbonyl (C=S) groups is 1. The van der Waals surface area contributed by atoms with Gasteiger partial charge in [-0.3, -0.25) is 4.79 Å². The van der Waals surface area contributed by atoms with Crippen LogP contribution in [0.25, 0.3) is 0 Å². The molecular weight excluding hydrogens is 288 g/mol. The van der Waals surface area contributed by atoms with E-state index >= 15 is 0 Å². The van der Waals surface area contributed by atoms with Crippen molar-refractivity contribution in [3.63, 3.8) is 0 Å². The molecule has 5 heteroatoms. The van der Waals surface area contributed by atoms with Crippen LogP contribution in [0.15, 0.2) is 24.3 Å². The molecular formula is C15H20N2OS2. The summed E-state index contributed by atoms with van der Waals surface area (Å²) in [6.45, 7) is 2.18. The molecule has 3 N–H and O–H groups in total. The second kappa shape index (κ2) is 7.09. The van der Waals surface area contributed by atoms with E-state index in [0.29, 0.717) is 21.8 Å². The van der Waals surface area contributed by atoms with Crippen LogP contribution in [0.1, 0.15) is 42.1 Å². The van der Waals surface area contributed by atoms with Crippen molar-refractivity contribution < 1.29 is 4.79 Å². The highest BCUT2D eigenvalue weighted by Gasteiger charge is 2.25. The lowest BCUT2D eigenvalue weighted by molar-refractivity contribution is 0.0938. The number of thioether (sulfide) groups is 1. The molecule has 0 radical (unpaired) electrons. The minimum Gasteiger partial charge on any atom is -0.389 e. The predicted octanol–water partition coefficient (Wildman–Crippen LogP) is 2.72. The molecule has 0 aromatic heterocycles. The Hall–Kier alpha value is -1.07. The zero-order chi connectivity index (χ0) is 14.5. The van der Waals surface area contributed by atoms with Crippen molar-refractivity contribution in [2.45, 2.75) is 37.5 Å². The van der Waals surface area contributed by atoms with Gasteiger partial charge in [0.05, 0.1) is 0 Å². The number of hydrogen-bond donors (Lipinski definition) is 2. The number of amides is 1. The highest BCUT2D eigenvalue weighted by Crippen LogP contribution is 2.29. The maximum absolute atomic E-state index is 12.2. The second-order valence-electron chi connectivity index (χ2n) is 5.00. The molecule has 1 saturated carbocycles. The van der Waals surface area contributed by atoms with Crippen LogP contribution in [0.4, 0.5) is 0 Å². The lowest BCUT2D eigenvalue weighted by Gasteiger charge is -2.13. The summed E-state index contributed by atoms with van der Waals surface area (Å²) >= 11 is 6.89. The smallest absolute Gasteiger partial charge is 0.251 e. The van der Waals surface area contributed by atoms with Gasteiger partial charge in [0.2, 0.25) is 0 Å². The lowest BCUT2D eigenvalue weighted by Crippen LogP contribution is -2.33. The summed E-state index contributed by atoms with van der Waals surface area (Å²) in [5.74, 6) is 1.14. The average Bonchev–Trinajstić information content (AvgIpc) is 2.86. The zero-order valence-electron chi connectivity index (χ0n) is 11.6. The summed E-state index contributed by atoms with van der Waals surface area (Å²) in [5, 5.41) is 3.81. The first-order valence-electron chi connectivity index (χ1n) is 6.92. The van der Waals surface area contributed by atoms with Gasteiger partial charge >= 0.3 is 0 Å². The van der Waals surface area contributed by atoms with Crippen molar-refractivity contribution in [2.24, 2.45) is 5.73 Å². The number of benzene rings is 1. The summed E-state index contributed by atoms with van der Waals surface area (Å²) in [5.41, 5.74) is 7.00. The molecule has 1 aromatic carbocycles. The Morgan fingerprint density at radius 2 is 2.00 bits per heavy atom. The molecule has 3 nitrogen and oxygen atoms in total. The molecule has 1 aliphatic rings. The van der Waals surface area contributed by atoms with Crippen molar-refractivity contribution in [1.82, 2.24) is 5.32 Å². The van der Waals surface area contributed by atoms with Crippen molar-refractivity contribution in [3.8, 4) is 0 Å². The number of carbonyl (C=O) groups excluding carboxylic acids is 1. The summed E-state index contributed by atoms with van der Waals surface area (Å²) in [4.78, 5) is 12.5. The second-order valence-corrected chi connectivity index (χ2v) is 7.02. The minimum atomic E-state index is -0.00774. The molecule has 1 aromatic rings. The summed E-state index contributed by atoms with van der Waals surface area (Å²) in [6, 6.07) is 7.44. The van der Waals surface area contributed by atoms with Gasteiger partial charge in [0, 0.05) is 22.4 Å². The molecule has 0 saturated heterocycles. The van der Waals surface area contributed by atoms with E-state index in [-0.39, 0.29) is 5.91 Å². The van der Waals surface area contributed by atoms with Gasteiger partial charge in [-0.2, -0.15) is 11.8 Å². The Labute approximate surface area is 129 Å². The SMILES string of the molecule is CCSC1CCC(NC(=O)c2ccc(C(N)=S)cc2)C1.